The number of nitrogens with zero attached hydrogens (tertiary/aromatic N) is 2. The molecule has 0 N–H and O–H groups in total. The van der Waals surface area contributed by atoms with Crippen LogP contribution in [-0.2, 0) is 0 Å². The topological polar surface area (TPSA) is 74.8 Å². The van der Waals surface area contributed by atoms with Crippen molar-refractivity contribution in [3.05, 3.63) is 82.4 Å². The zero-order valence-electron chi connectivity index (χ0n) is 19.0. The van der Waals surface area contributed by atoms with E-state index in [1.807, 2.05) is 58.0 Å². The first kappa shape index (κ1) is 21.1. The van der Waals surface area contributed by atoms with Crippen LogP contribution in [-0.4, -0.2) is 39.5 Å². The summed E-state index contributed by atoms with van der Waals surface area (Å²) in [6.07, 6.45) is 0. The lowest BCUT2D eigenvalue weighted by molar-refractivity contribution is 0.0503. The average molecular weight is 440 g/mol. The van der Waals surface area contributed by atoms with Crippen molar-refractivity contribution >= 4 is 34.4 Å². The molecule has 0 saturated heterocycles. The van der Waals surface area contributed by atoms with Gasteiger partial charge in [-0.3, -0.25) is 29.0 Å². The van der Waals surface area contributed by atoms with Gasteiger partial charge in [0.25, 0.3) is 23.6 Å². The number of hydrogen-bond acceptors (Lipinski definition) is 4. The van der Waals surface area contributed by atoms with E-state index in [4.69, 9.17) is 0 Å². The Labute approximate surface area is 191 Å². The zero-order valence-corrected chi connectivity index (χ0v) is 19.0. The summed E-state index contributed by atoms with van der Waals surface area (Å²) in [7, 11) is 0. The lowest BCUT2D eigenvalue weighted by atomic mass is 9.84. The molecule has 33 heavy (non-hydrogen) atoms. The van der Waals surface area contributed by atoms with E-state index in [-0.39, 0.29) is 12.0 Å². The fourth-order valence-electron chi connectivity index (χ4n) is 4.81. The van der Waals surface area contributed by atoms with Gasteiger partial charge in [-0.2, -0.15) is 0 Å². The monoisotopic (exact) mass is 440 g/mol. The smallest absolute Gasteiger partial charge is 0.261 e. The molecule has 2 heterocycles. The maximum Gasteiger partial charge on any atom is 0.261 e. The van der Waals surface area contributed by atoms with E-state index in [9.17, 15) is 19.2 Å². The van der Waals surface area contributed by atoms with Gasteiger partial charge in [0.05, 0.1) is 6.04 Å². The van der Waals surface area contributed by atoms with Gasteiger partial charge in [-0.1, -0.05) is 44.2 Å². The Bertz CT molecular complexity index is 1290. The van der Waals surface area contributed by atoms with Crippen LogP contribution in [0, 0.1) is 5.92 Å². The van der Waals surface area contributed by atoms with Crippen molar-refractivity contribution in [1.82, 2.24) is 9.80 Å². The van der Waals surface area contributed by atoms with Crippen LogP contribution in [0.5, 0.6) is 0 Å². The van der Waals surface area contributed by atoms with Crippen molar-refractivity contribution in [3.8, 4) is 0 Å². The quantitative estimate of drug-likeness (QED) is 0.544. The number of carbonyl (C=O) groups is 4. The van der Waals surface area contributed by atoms with Gasteiger partial charge in [0.1, 0.15) is 0 Å². The van der Waals surface area contributed by atoms with Crippen LogP contribution in [0.1, 0.15) is 80.7 Å². The lowest BCUT2D eigenvalue weighted by Crippen LogP contribution is -2.48. The second-order valence-corrected chi connectivity index (χ2v) is 9.10. The molecule has 0 bridgehead atoms. The van der Waals surface area contributed by atoms with E-state index < -0.39 is 29.7 Å². The molecule has 0 fully saturated rings. The third-order valence-electron chi connectivity index (χ3n) is 7.00. The molecule has 2 aliphatic rings. The molecule has 0 radical (unpaired) electrons. The molecule has 2 unspecified atom stereocenters. The number of carbonyl (C=O) groups excluding carboxylic acids is 4. The molecule has 0 aromatic heterocycles. The number of rotatable bonds is 4. The Morgan fingerprint density at radius 1 is 0.545 bits per heavy atom. The summed E-state index contributed by atoms with van der Waals surface area (Å²) in [5, 5.41) is 0.802. The van der Waals surface area contributed by atoms with Gasteiger partial charge in [0.15, 0.2) is 0 Å². The minimum Gasteiger partial charge on any atom is -0.271 e. The first-order valence-corrected chi connectivity index (χ1v) is 11.1. The first-order chi connectivity index (χ1) is 15.7. The van der Waals surface area contributed by atoms with E-state index in [1.54, 1.807) is 24.3 Å². The number of amides is 4. The van der Waals surface area contributed by atoms with Crippen LogP contribution in [0.15, 0.2) is 54.6 Å². The van der Waals surface area contributed by atoms with E-state index in [0.717, 1.165) is 5.56 Å². The predicted molar refractivity (Wildman–Crippen MR) is 124 cm³/mol. The van der Waals surface area contributed by atoms with Crippen molar-refractivity contribution in [2.75, 3.05) is 0 Å². The van der Waals surface area contributed by atoms with Gasteiger partial charge in [0, 0.05) is 39.1 Å². The largest absolute Gasteiger partial charge is 0.271 e. The number of hydrogen-bond donors (Lipinski definition) is 0. The van der Waals surface area contributed by atoms with Crippen LogP contribution in [0.4, 0.5) is 0 Å². The van der Waals surface area contributed by atoms with Crippen molar-refractivity contribution < 1.29 is 19.2 Å². The summed E-state index contributed by atoms with van der Waals surface area (Å²) in [6.45, 7) is 7.59. The van der Waals surface area contributed by atoms with Gasteiger partial charge in [0.2, 0.25) is 0 Å². The number of benzene rings is 3. The van der Waals surface area contributed by atoms with Crippen LogP contribution in [0.3, 0.4) is 0 Å². The summed E-state index contributed by atoms with van der Waals surface area (Å²) < 4.78 is 0. The Hall–Kier alpha value is -3.80. The maximum absolute atomic E-state index is 13.5. The summed E-state index contributed by atoms with van der Waals surface area (Å²) in [6, 6.07) is 15.1. The molecule has 2 atom stereocenters. The Balaban J connectivity index is 1.69. The van der Waals surface area contributed by atoms with Crippen LogP contribution < -0.4 is 0 Å². The third kappa shape index (κ3) is 2.86. The molecule has 0 spiro atoms. The molecule has 3 aromatic carbocycles. The van der Waals surface area contributed by atoms with Crippen molar-refractivity contribution in [3.63, 3.8) is 0 Å². The molecule has 5 rings (SSSR count). The Morgan fingerprint density at radius 3 is 1.33 bits per heavy atom. The predicted octanol–water partition coefficient (Wildman–Crippen LogP) is 4.84. The highest BCUT2D eigenvalue weighted by Crippen LogP contribution is 2.40. The van der Waals surface area contributed by atoms with Crippen LogP contribution in [0.25, 0.3) is 10.8 Å². The van der Waals surface area contributed by atoms with E-state index in [0.29, 0.717) is 33.0 Å². The molecule has 0 aliphatic carbocycles. The number of imide groups is 2. The summed E-state index contributed by atoms with van der Waals surface area (Å²) in [5.74, 6) is -1.55. The van der Waals surface area contributed by atoms with E-state index >= 15 is 0 Å². The second-order valence-electron chi connectivity index (χ2n) is 9.10. The SMILES string of the molecule is CC(C)C(C)N1C(=O)c2ccc3c4c(ccc(c24)C1=O)C(=O)N(C(C)c1ccccc1)C3=O. The van der Waals surface area contributed by atoms with E-state index in [1.165, 1.54) is 9.80 Å². The molecule has 6 nitrogen and oxygen atoms in total. The zero-order chi connectivity index (χ0) is 23.6. The Kier molecular flexibility index (Phi) is 4.71. The minimum absolute atomic E-state index is 0.0866. The lowest BCUT2D eigenvalue weighted by Gasteiger charge is -2.36. The van der Waals surface area contributed by atoms with E-state index in [2.05, 4.69) is 0 Å². The van der Waals surface area contributed by atoms with Crippen molar-refractivity contribution in [2.24, 2.45) is 5.92 Å². The Morgan fingerprint density at radius 2 is 0.939 bits per heavy atom. The summed E-state index contributed by atoms with van der Waals surface area (Å²) >= 11 is 0. The molecular weight excluding hydrogens is 416 g/mol. The highest BCUT2D eigenvalue weighted by molar-refractivity contribution is 6.33. The fourth-order valence-corrected chi connectivity index (χ4v) is 4.81. The third-order valence-corrected chi connectivity index (χ3v) is 7.00. The molecule has 3 aromatic rings. The highest BCUT2D eigenvalue weighted by Gasteiger charge is 2.42. The van der Waals surface area contributed by atoms with Crippen LogP contribution >= 0.6 is 0 Å². The molecule has 2 aliphatic heterocycles. The van der Waals surface area contributed by atoms with Gasteiger partial charge >= 0.3 is 0 Å². The molecule has 6 heteroatoms. The van der Waals surface area contributed by atoms with Crippen molar-refractivity contribution in [2.45, 2.75) is 39.8 Å². The minimum atomic E-state index is -0.465. The fraction of sp³-hybridized carbons (Fsp3) is 0.259. The molecule has 0 saturated carbocycles. The normalized spacial score (nSPS) is 17.2. The van der Waals surface area contributed by atoms with Crippen molar-refractivity contribution in [1.29, 1.82) is 0 Å². The highest BCUT2D eigenvalue weighted by atomic mass is 16.2. The molecule has 166 valence electrons. The summed E-state index contributed by atoms with van der Waals surface area (Å²) in [5.41, 5.74) is 2.21. The van der Waals surface area contributed by atoms with Gasteiger partial charge in [-0.05, 0) is 49.6 Å². The van der Waals surface area contributed by atoms with Gasteiger partial charge in [-0.15, -0.1) is 0 Å². The second kappa shape index (κ2) is 7.37. The standard InChI is InChI=1S/C27H24N2O4/c1-14(2)15(3)28-24(30)18-10-12-20-23-21(13-11-19(22(18)23)25(28)31)27(33)29(26(20)32)16(4)17-8-6-5-7-9-17/h5-16H,1-4H3. The summed E-state index contributed by atoms with van der Waals surface area (Å²) in [4.78, 5) is 56.2. The van der Waals surface area contributed by atoms with Gasteiger partial charge in [-0.25, -0.2) is 0 Å². The average Bonchev–Trinajstić information content (AvgIpc) is 2.81. The maximum atomic E-state index is 13.5. The molecule has 4 amide bonds. The molecular formula is C27H24N2O4. The van der Waals surface area contributed by atoms with Crippen LogP contribution in [0.2, 0.25) is 0 Å². The first-order valence-electron chi connectivity index (χ1n) is 11.1. The van der Waals surface area contributed by atoms with Gasteiger partial charge < -0.3 is 0 Å².